The van der Waals surface area contributed by atoms with Gasteiger partial charge >= 0.3 is 6.03 Å². The molecule has 78 valence electrons. The summed E-state index contributed by atoms with van der Waals surface area (Å²) in [6.07, 6.45) is 0.798. The summed E-state index contributed by atoms with van der Waals surface area (Å²) in [5.74, 6) is 0. The molecule has 0 aliphatic heterocycles. The van der Waals surface area contributed by atoms with Gasteiger partial charge in [-0.05, 0) is 6.92 Å². The van der Waals surface area contributed by atoms with E-state index in [0.717, 1.165) is 18.7 Å². The van der Waals surface area contributed by atoms with Crippen molar-refractivity contribution in [1.82, 2.24) is 15.2 Å². The van der Waals surface area contributed by atoms with Gasteiger partial charge in [0.25, 0.3) is 0 Å². The maximum Gasteiger partial charge on any atom is 0.317 e. The van der Waals surface area contributed by atoms with Gasteiger partial charge in [-0.3, -0.25) is 0 Å². The van der Waals surface area contributed by atoms with Gasteiger partial charge in [0.2, 0.25) is 0 Å². The first-order chi connectivity index (χ1) is 6.74. The van der Waals surface area contributed by atoms with Crippen molar-refractivity contribution in [2.24, 2.45) is 0 Å². The van der Waals surface area contributed by atoms with Gasteiger partial charge in [-0.25, -0.2) is 9.78 Å². The van der Waals surface area contributed by atoms with Crippen molar-refractivity contribution in [1.29, 1.82) is 0 Å². The fourth-order valence-corrected chi connectivity index (χ4v) is 1.53. The van der Waals surface area contributed by atoms with Crippen LogP contribution >= 0.6 is 11.3 Å². The summed E-state index contributed by atoms with van der Waals surface area (Å²) < 4.78 is 0. The second-order valence-corrected chi connectivity index (χ2v) is 3.69. The monoisotopic (exact) mass is 213 g/mol. The molecule has 0 aromatic carbocycles. The highest BCUT2D eigenvalue weighted by Crippen LogP contribution is 2.00. The smallest absolute Gasteiger partial charge is 0.317 e. The highest BCUT2D eigenvalue weighted by molar-refractivity contribution is 7.07. The van der Waals surface area contributed by atoms with E-state index in [2.05, 4.69) is 10.3 Å². The van der Waals surface area contributed by atoms with Gasteiger partial charge in [0.15, 0.2) is 0 Å². The molecule has 4 nitrogen and oxygen atoms in total. The van der Waals surface area contributed by atoms with Crippen LogP contribution in [-0.4, -0.2) is 36.1 Å². The molecule has 1 aromatic heterocycles. The quantitative estimate of drug-likeness (QED) is 0.820. The molecule has 0 spiro atoms. The van der Waals surface area contributed by atoms with Crippen LogP contribution in [0.1, 0.15) is 12.6 Å². The Bertz CT molecular complexity index is 274. The van der Waals surface area contributed by atoms with E-state index in [9.17, 15) is 4.79 Å². The number of amides is 2. The lowest BCUT2D eigenvalue weighted by molar-refractivity contribution is 0.211. The molecule has 1 heterocycles. The van der Waals surface area contributed by atoms with E-state index < -0.39 is 0 Å². The normalized spacial score (nSPS) is 9.86. The standard InChI is InChI=1S/C9H15N3OS/c1-3-12(2)9(13)10-5-4-8-6-14-7-11-8/h6-7H,3-5H2,1-2H3,(H,10,13). The summed E-state index contributed by atoms with van der Waals surface area (Å²) in [4.78, 5) is 17.1. The van der Waals surface area contributed by atoms with Crippen LogP contribution in [0.3, 0.4) is 0 Å². The SMILES string of the molecule is CCN(C)C(=O)NCCc1cscn1. The second-order valence-electron chi connectivity index (χ2n) is 2.98. The molecular formula is C9H15N3OS. The van der Waals surface area contributed by atoms with Gasteiger partial charge in [-0.2, -0.15) is 0 Å². The molecule has 1 rings (SSSR count). The number of hydrogen-bond acceptors (Lipinski definition) is 3. The van der Waals surface area contributed by atoms with E-state index in [1.54, 1.807) is 28.8 Å². The molecule has 0 radical (unpaired) electrons. The summed E-state index contributed by atoms with van der Waals surface area (Å²) in [5, 5.41) is 4.82. The third-order valence-corrected chi connectivity index (χ3v) is 2.60. The molecule has 0 atom stereocenters. The number of carbonyl (C=O) groups excluding carboxylic acids is 1. The van der Waals surface area contributed by atoms with Gasteiger partial charge < -0.3 is 10.2 Å². The van der Waals surface area contributed by atoms with E-state index in [1.165, 1.54) is 0 Å². The number of aromatic nitrogens is 1. The molecule has 0 aliphatic rings. The van der Waals surface area contributed by atoms with E-state index in [-0.39, 0.29) is 6.03 Å². The van der Waals surface area contributed by atoms with E-state index >= 15 is 0 Å². The second kappa shape index (κ2) is 5.59. The van der Waals surface area contributed by atoms with Crippen molar-refractivity contribution in [3.63, 3.8) is 0 Å². The number of carbonyl (C=O) groups is 1. The van der Waals surface area contributed by atoms with Crippen LogP contribution in [0.25, 0.3) is 0 Å². The zero-order chi connectivity index (χ0) is 10.4. The summed E-state index contributed by atoms with van der Waals surface area (Å²) in [5.41, 5.74) is 2.84. The van der Waals surface area contributed by atoms with Gasteiger partial charge in [0, 0.05) is 31.9 Å². The van der Waals surface area contributed by atoms with Gasteiger partial charge in [0.05, 0.1) is 11.2 Å². The summed E-state index contributed by atoms with van der Waals surface area (Å²) in [6, 6.07) is -0.0253. The number of nitrogens with zero attached hydrogens (tertiary/aromatic N) is 2. The molecule has 5 heteroatoms. The van der Waals surface area contributed by atoms with Crippen molar-refractivity contribution in [2.75, 3.05) is 20.1 Å². The van der Waals surface area contributed by atoms with Gasteiger partial charge in [-0.1, -0.05) is 0 Å². The minimum Gasteiger partial charge on any atom is -0.338 e. The van der Waals surface area contributed by atoms with Crippen LogP contribution in [0.5, 0.6) is 0 Å². The largest absolute Gasteiger partial charge is 0.338 e. The Kier molecular flexibility index (Phi) is 4.39. The van der Waals surface area contributed by atoms with Crippen LogP contribution < -0.4 is 5.32 Å². The zero-order valence-corrected chi connectivity index (χ0v) is 9.30. The fourth-order valence-electron chi connectivity index (χ4n) is 0.937. The molecular weight excluding hydrogens is 198 g/mol. The zero-order valence-electron chi connectivity index (χ0n) is 8.49. The predicted octanol–water partition coefficient (Wildman–Crippen LogP) is 1.35. The summed E-state index contributed by atoms with van der Waals surface area (Å²) in [7, 11) is 1.78. The molecule has 0 fully saturated rings. The molecule has 14 heavy (non-hydrogen) atoms. The van der Waals surface area contributed by atoms with Gasteiger partial charge in [-0.15, -0.1) is 11.3 Å². The van der Waals surface area contributed by atoms with Crippen LogP contribution in [-0.2, 0) is 6.42 Å². The molecule has 0 aliphatic carbocycles. The van der Waals surface area contributed by atoms with Crippen LogP contribution in [0.2, 0.25) is 0 Å². The molecule has 2 amide bonds. The number of urea groups is 1. The third-order valence-electron chi connectivity index (χ3n) is 1.96. The van der Waals surface area contributed by atoms with E-state index in [1.807, 2.05) is 12.3 Å². The molecule has 1 aromatic rings. The number of thiazole rings is 1. The molecule has 1 N–H and O–H groups in total. The Morgan fingerprint density at radius 1 is 1.71 bits per heavy atom. The molecule has 0 saturated heterocycles. The summed E-state index contributed by atoms with van der Waals surface area (Å²) in [6.45, 7) is 3.31. The Balaban J connectivity index is 2.18. The maximum atomic E-state index is 11.3. The fraction of sp³-hybridized carbons (Fsp3) is 0.556. The lowest BCUT2D eigenvalue weighted by Crippen LogP contribution is -2.37. The molecule has 0 unspecified atom stereocenters. The predicted molar refractivity (Wildman–Crippen MR) is 57.5 cm³/mol. The van der Waals surface area contributed by atoms with Crippen LogP contribution in [0, 0.1) is 0 Å². The molecule has 0 saturated carbocycles. The van der Waals surface area contributed by atoms with E-state index in [0.29, 0.717) is 6.54 Å². The lowest BCUT2D eigenvalue weighted by atomic mass is 10.3. The molecule has 0 bridgehead atoms. The average Bonchev–Trinajstić information content (AvgIpc) is 2.69. The topological polar surface area (TPSA) is 45.2 Å². The minimum atomic E-state index is -0.0253. The van der Waals surface area contributed by atoms with Crippen molar-refractivity contribution < 1.29 is 4.79 Å². The Morgan fingerprint density at radius 3 is 3.07 bits per heavy atom. The maximum absolute atomic E-state index is 11.3. The summed E-state index contributed by atoms with van der Waals surface area (Å²) >= 11 is 1.57. The number of hydrogen-bond donors (Lipinski definition) is 1. The van der Waals surface area contributed by atoms with Crippen molar-refractivity contribution in [2.45, 2.75) is 13.3 Å². The Morgan fingerprint density at radius 2 is 2.50 bits per heavy atom. The van der Waals surface area contributed by atoms with Crippen molar-refractivity contribution >= 4 is 17.4 Å². The number of nitrogens with one attached hydrogen (secondary N) is 1. The van der Waals surface area contributed by atoms with Crippen molar-refractivity contribution in [3.05, 3.63) is 16.6 Å². The average molecular weight is 213 g/mol. The first kappa shape index (κ1) is 11.0. The minimum absolute atomic E-state index is 0.0253. The van der Waals surface area contributed by atoms with E-state index in [4.69, 9.17) is 0 Å². The third kappa shape index (κ3) is 3.33. The lowest BCUT2D eigenvalue weighted by Gasteiger charge is -2.14. The van der Waals surface area contributed by atoms with Gasteiger partial charge in [0.1, 0.15) is 0 Å². The first-order valence-corrected chi connectivity index (χ1v) is 5.54. The van der Waals surface area contributed by atoms with Crippen molar-refractivity contribution in [3.8, 4) is 0 Å². The van der Waals surface area contributed by atoms with Crippen LogP contribution in [0.15, 0.2) is 10.9 Å². The first-order valence-electron chi connectivity index (χ1n) is 4.60. The number of rotatable bonds is 4. The highest BCUT2D eigenvalue weighted by atomic mass is 32.1. The Labute approximate surface area is 88.0 Å². The Hall–Kier alpha value is -1.10. The highest BCUT2D eigenvalue weighted by Gasteiger charge is 2.04. The van der Waals surface area contributed by atoms with Crippen LogP contribution in [0.4, 0.5) is 4.79 Å².